The summed E-state index contributed by atoms with van der Waals surface area (Å²) in [5.74, 6) is 1.24. The number of carbonyl (C=O) groups is 1. The molecule has 1 saturated heterocycles. The molecule has 4 heteroatoms. The number of nitrogens with one attached hydrogen (secondary N) is 2. The largest absolute Gasteiger partial charge is 0.352 e. The Balaban J connectivity index is 1.69. The highest BCUT2D eigenvalue weighted by molar-refractivity contribution is 8.00. The van der Waals surface area contributed by atoms with Crippen LogP contribution >= 0.6 is 11.8 Å². The molecule has 0 spiro atoms. The second-order valence-electron chi connectivity index (χ2n) is 5.78. The number of carbonyl (C=O) groups excluding carboxylic acids is 1. The topological polar surface area (TPSA) is 41.1 Å². The van der Waals surface area contributed by atoms with Gasteiger partial charge in [-0.1, -0.05) is 24.3 Å². The Morgan fingerprint density at radius 2 is 2.25 bits per heavy atom. The summed E-state index contributed by atoms with van der Waals surface area (Å²) in [5, 5.41) is 6.66. The molecule has 0 bridgehead atoms. The predicted molar refractivity (Wildman–Crippen MR) is 84.0 cm³/mol. The lowest BCUT2D eigenvalue weighted by molar-refractivity contribution is -0.121. The molecule has 1 fully saturated rings. The first-order valence-corrected chi connectivity index (χ1v) is 8.52. The van der Waals surface area contributed by atoms with Crippen LogP contribution in [0.4, 0.5) is 0 Å². The van der Waals surface area contributed by atoms with Crippen LogP contribution in [0.25, 0.3) is 0 Å². The average molecular weight is 290 g/mol. The van der Waals surface area contributed by atoms with Crippen LogP contribution in [-0.4, -0.2) is 30.3 Å². The minimum absolute atomic E-state index is 0.0230. The molecule has 3 atom stereocenters. The summed E-state index contributed by atoms with van der Waals surface area (Å²) in [6.45, 7) is 3.18. The highest BCUT2D eigenvalue weighted by Gasteiger charge is 2.29. The van der Waals surface area contributed by atoms with E-state index in [1.165, 1.54) is 11.1 Å². The van der Waals surface area contributed by atoms with Crippen LogP contribution in [0.2, 0.25) is 0 Å². The van der Waals surface area contributed by atoms with Crippen LogP contribution in [0, 0.1) is 0 Å². The lowest BCUT2D eigenvalue weighted by Gasteiger charge is -2.31. The molecule has 108 valence electrons. The standard InChI is InChI=1S/C16H22N2OS/c1-11-10-13(6-8-17-11)18-16(19)15-14-5-3-2-4-12(14)7-9-20-15/h2-5,11,13,15,17H,6-10H2,1H3,(H,18,19). The van der Waals surface area contributed by atoms with Crippen molar-refractivity contribution in [1.82, 2.24) is 10.6 Å². The molecule has 1 amide bonds. The van der Waals surface area contributed by atoms with Crippen LogP contribution in [0.3, 0.4) is 0 Å². The van der Waals surface area contributed by atoms with Gasteiger partial charge in [-0.15, -0.1) is 11.8 Å². The monoisotopic (exact) mass is 290 g/mol. The van der Waals surface area contributed by atoms with Crippen LogP contribution in [0.5, 0.6) is 0 Å². The van der Waals surface area contributed by atoms with E-state index >= 15 is 0 Å². The lowest BCUT2D eigenvalue weighted by Crippen LogP contribution is -2.47. The smallest absolute Gasteiger partial charge is 0.237 e. The first-order valence-electron chi connectivity index (χ1n) is 7.47. The summed E-state index contributed by atoms with van der Waals surface area (Å²) >= 11 is 1.78. The third-order valence-electron chi connectivity index (χ3n) is 4.20. The molecule has 2 N–H and O–H groups in total. The number of rotatable bonds is 2. The zero-order valence-electron chi connectivity index (χ0n) is 11.9. The third kappa shape index (κ3) is 3.01. The van der Waals surface area contributed by atoms with Crippen LogP contribution in [0.15, 0.2) is 24.3 Å². The van der Waals surface area contributed by atoms with Crippen molar-refractivity contribution < 1.29 is 4.79 Å². The van der Waals surface area contributed by atoms with Gasteiger partial charge in [0.15, 0.2) is 0 Å². The van der Waals surface area contributed by atoms with Crippen molar-refractivity contribution in [3.63, 3.8) is 0 Å². The van der Waals surface area contributed by atoms with E-state index in [2.05, 4.69) is 35.8 Å². The van der Waals surface area contributed by atoms with E-state index in [1.807, 2.05) is 6.07 Å². The maximum atomic E-state index is 12.6. The maximum Gasteiger partial charge on any atom is 0.237 e. The molecule has 1 aromatic carbocycles. The average Bonchev–Trinajstić information content (AvgIpc) is 2.46. The fraction of sp³-hybridized carbons (Fsp3) is 0.562. The predicted octanol–water partition coefficient (Wildman–Crippen LogP) is 2.27. The number of thioether (sulfide) groups is 1. The molecule has 0 radical (unpaired) electrons. The first-order chi connectivity index (χ1) is 9.74. The van der Waals surface area contributed by atoms with Gasteiger partial charge in [-0.25, -0.2) is 0 Å². The number of amides is 1. The third-order valence-corrected chi connectivity index (χ3v) is 5.44. The van der Waals surface area contributed by atoms with E-state index in [0.29, 0.717) is 12.1 Å². The summed E-state index contributed by atoms with van der Waals surface area (Å²) in [7, 11) is 0. The zero-order chi connectivity index (χ0) is 13.9. The first kappa shape index (κ1) is 14.0. The molecule has 3 rings (SSSR count). The number of piperidine rings is 1. The molecule has 0 aromatic heterocycles. The van der Waals surface area contributed by atoms with Crippen LogP contribution in [-0.2, 0) is 11.2 Å². The Hall–Kier alpha value is -1.00. The van der Waals surface area contributed by atoms with Crippen molar-refractivity contribution in [2.45, 2.75) is 43.5 Å². The fourth-order valence-corrected chi connectivity index (χ4v) is 4.35. The van der Waals surface area contributed by atoms with Crippen LogP contribution in [0.1, 0.15) is 36.1 Å². The number of fused-ring (bicyclic) bond motifs is 1. The van der Waals surface area contributed by atoms with Gasteiger partial charge in [0, 0.05) is 12.1 Å². The minimum Gasteiger partial charge on any atom is -0.352 e. The van der Waals surface area contributed by atoms with Gasteiger partial charge in [0.1, 0.15) is 5.25 Å². The molecule has 1 aromatic rings. The van der Waals surface area contributed by atoms with E-state index in [-0.39, 0.29) is 11.2 Å². The highest BCUT2D eigenvalue weighted by Crippen LogP contribution is 2.36. The summed E-state index contributed by atoms with van der Waals surface area (Å²) in [4.78, 5) is 12.6. The van der Waals surface area contributed by atoms with Crippen LogP contribution < -0.4 is 10.6 Å². The van der Waals surface area contributed by atoms with Gasteiger partial charge in [0.05, 0.1) is 0 Å². The van der Waals surface area contributed by atoms with Gasteiger partial charge in [0.25, 0.3) is 0 Å². The van der Waals surface area contributed by atoms with Gasteiger partial charge in [0.2, 0.25) is 5.91 Å². The molecule has 0 aliphatic carbocycles. The van der Waals surface area contributed by atoms with Crippen molar-refractivity contribution >= 4 is 17.7 Å². The summed E-state index contributed by atoms with van der Waals surface area (Å²) in [5.41, 5.74) is 2.55. The van der Waals surface area contributed by atoms with E-state index in [9.17, 15) is 4.79 Å². The Bertz CT molecular complexity index is 491. The van der Waals surface area contributed by atoms with Gasteiger partial charge in [-0.3, -0.25) is 4.79 Å². The summed E-state index contributed by atoms with van der Waals surface area (Å²) in [6.07, 6.45) is 3.15. The molecule has 3 nitrogen and oxygen atoms in total. The Morgan fingerprint density at radius 3 is 3.10 bits per heavy atom. The summed E-state index contributed by atoms with van der Waals surface area (Å²) in [6, 6.07) is 9.20. The Morgan fingerprint density at radius 1 is 1.40 bits per heavy atom. The van der Waals surface area contributed by atoms with E-state index in [0.717, 1.165) is 31.6 Å². The lowest BCUT2D eigenvalue weighted by atomic mass is 9.98. The highest BCUT2D eigenvalue weighted by atomic mass is 32.2. The molecular weight excluding hydrogens is 268 g/mol. The quantitative estimate of drug-likeness (QED) is 0.878. The normalized spacial score (nSPS) is 29.6. The molecule has 20 heavy (non-hydrogen) atoms. The Labute approximate surface area is 124 Å². The number of benzene rings is 1. The molecule has 2 aliphatic rings. The fourth-order valence-electron chi connectivity index (χ4n) is 3.15. The summed E-state index contributed by atoms with van der Waals surface area (Å²) < 4.78 is 0. The number of hydrogen-bond acceptors (Lipinski definition) is 3. The van der Waals surface area contributed by atoms with E-state index in [1.54, 1.807) is 11.8 Å². The molecule has 2 aliphatic heterocycles. The van der Waals surface area contributed by atoms with Crippen molar-refractivity contribution in [3.05, 3.63) is 35.4 Å². The number of hydrogen-bond donors (Lipinski definition) is 2. The second-order valence-corrected chi connectivity index (χ2v) is 7.00. The minimum atomic E-state index is -0.0230. The van der Waals surface area contributed by atoms with Crippen molar-refractivity contribution in [3.8, 4) is 0 Å². The van der Waals surface area contributed by atoms with Crippen molar-refractivity contribution in [2.24, 2.45) is 0 Å². The van der Waals surface area contributed by atoms with E-state index < -0.39 is 0 Å². The molecule has 0 saturated carbocycles. The van der Waals surface area contributed by atoms with Crippen molar-refractivity contribution in [1.29, 1.82) is 0 Å². The van der Waals surface area contributed by atoms with Gasteiger partial charge >= 0.3 is 0 Å². The van der Waals surface area contributed by atoms with E-state index in [4.69, 9.17) is 0 Å². The Kier molecular flexibility index (Phi) is 4.32. The maximum absolute atomic E-state index is 12.6. The van der Waals surface area contributed by atoms with Crippen molar-refractivity contribution in [2.75, 3.05) is 12.3 Å². The van der Waals surface area contributed by atoms with Gasteiger partial charge < -0.3 is 10.6 Å². The SMILES string of the molecule is CC1CC(NC(=O)C2SCCc3ccccc32)CCN1. The molecule has 3 unspecified atom stereocenters. The molecule has 2 heterocycles. The zero-order valence-corrected chi connectivity index (χ0v) is 12.7. The second kappa shape index (κ2) is 6.19. The number of aryl methyl sites for hydroxylation is 1. The molecular formula is C16H22N2OS. The van der Waals surface area contributed by atoms with Gasteiger partial charge in [-0.05, 0) is 49.6 Å². The van der Waals surface area contributed by atoms with Gasteiger partial charge in [-0.2, -0.15) is 0 Å².